The summed E-state index contributed by atoms with van der Waals surface area (Å²) < 4.78 is 0. The first kappa shape index (κ1) is 8.96. The van der Waals surface area contributed by atoms with E-state index in [2.05, 4.69) is 26.1 Å². The Hall–Kier alpha value is -0.0400. The van der Waals surface area contributed by atoms with Gasteiger partial charge in [-0.1, -0.05) is 20.8 Å². The summed E-state index contributed by atoms with van der Waals surface area (Å²) in [6, 6.07) is 0. The molecule has 0 aromatic carbocycles. The predicted molar refractivity (Wildman–Crippen MR) is 42.5 cm³/mol. The summed E-state index contributed by atoms with van der Waals surface area (Å²) >= 11 is 0. The molecule has 0 aromatic rings. The molecule has 0 saturated carbocycles. The largest absolute Gasteiger partial charge is 0.320 e. The lowest BCUT2D eigenvalue weighted by atomic mass is 9.95. The Kier molecular flexibility index (Phi) is 4.78. The molecule has 0 aliphatic heterocycles. The molecule has 0 amide bonds. The van der Waals surface area contributed by atoms with Crippen LogP contribution in [-0.2, 0) is 0 Å². The number of hydrogen-bond acceptors (Lipinski definition) is 1. The van der Waals surface area contributed by atoms with Crippen LogP contribution in [0.4, 0.5) is 0 Å². The molecule has 0 aliphatic carbocycles. The topological polar surface area (TPSA) is 12.0 Å². The van der Waals surface area contributed by atoms with Gasteiger partial charge in [0.2, 0.25) is 0 Å². The maximum atomic E-state index is 3.15. The maximum absolute atomic E-state index is 3.15. The minimum Gasteiger partial charge on any atom is -0.320 e. The quantitative estimate of drug-likeness (QED) is 0.611. The molecule has 1 nitrogen and oxygen atoms in total. The molecule has 0 rings (SSSR count). The summed E-state index contributed by atoms with van der Waals surface area (Å²) in [5.41, 5.74) is 0. The van der Waals surface area contributed by atoms with Crippen molar-refractivity contribution in [2.45, 2.75) is 27.2 Å². The van der Waals surface area contributed by atoms with Crippen molar-refractivity contribution in [2.75, 3.05) is 13.6 Å². The summed E-state index contributed by atoms with van der Waals surface area (Å²) in [5, 5.41) is 3.15. The van der Waals surface area contributed by atoms with Crippen molar-refractivity contribution in [3.05, 3.63) is 0 Å². The van der Waals surface area contributed by atoms with Crippen LogP contribution in [-0.4, -0.2) is 13.6 Å². The molecule has 1 heteroatoms. The molecule has 9 heavy (non-hydrogen) atoms. The third-order valence-corrected chi connectivity index (χ3v) is 1.99. The van der Waals surface area contributed by atoms with E-state index in [1.807, 2.05) is 7.05 Å². The highest BCUT2D eigenvalue weighted by Gasteiger charge is 2.04. The average molecular weight is 129 g/mol. The zero-order valence-corrected chi connectivity index (χ0v) is 7.07. The Balaban J connectivity index is 3.16. The fraction of sp³-hybridized carbons (Fsp3) is 1.00. The summed E-state index contributed by atoms with van der Waals surface area (Å²) in [6.45, 7) is 8.02. The van der Waals surface area contributed by atoms with E-state index in [1.165, 1.54) is 6.42 Å². The lowest BCUT2D eigenvalue weighted by molar-refractivity contribution is 0.388. The second kappa shape index (κ2) is 4.80. The fourth-order valence-electron chi connectivity index (χ4n) is 0.705. The van der Waals surface area contributed by atoms with Crippen molar-refractivity contribution in [3.63, 3.8) is 0 Å². The highest BCUT2D eigenvalue weighted by Crippen LogP contribution is 2.12. The Morgan fingerprint density at radius 2 is 1.78 bits per heavy atom. The van der Waals surface area contributed by atoms with Gasteiger partial charge in [-0.25, -0.2) is 0 Å². The van der Waals surface area contributed by atoms with Crippen LogP contribution in [0.25, 0.3) is 0 Å². The van der Waals surface area contributed by atoms with Crippen LogP contribution in [0.3, 0.4) is 0 Å². The van der Waals surface area contributed by atoms with Crippen molar-refractivity contribution < 1.29 is 0 Å². The smallest absolute Gasteiger partial charge is 0.00493 e. The third kappa shape index (κ3) is 4.46. The Bertz CT molecular complexity index is 59.6. The molecule has 56 valence electrons. The van der Waals surface area contributed by atoms with Gasteiger partial charge < -0.3 is 5.32 Å². The zero-order chi connectivity index (χ0) is 7.28. The lowest BCUT2D eigenvalue weighted by Gasteiger charge is -2.14. The van der Waals surface area contributed by atoms with Gasteiger partial charge in [-0.2, -0.15) is 0 Å². The summed E-state index contributed by atoms with van der Waals surface area (Å²) in [4.78, 5) is 0. The van der Waals surface area contributed by atoms with Gasteiger partial charge in [-0.15, -0.1) is 0 Å². The second-order valence-corrected chi connectivity index (χ2v) is 3.11. The Labute approximate surface area is 58.8 Å². The van der Waals surface area contributed by atoms with Gasteiger partial charge in [0, 0.05) is 0 Å². The van der Waals surface area contributed by atoms with Gasteiger partial charge in [0.1, 0.15) is 0 Å². The van der Waals surface area contributed by atoms with Crippen LogP contribution in [0.5, 0.6) is 0 Å². The first-order valence-electron chi connectivity index (χ1n) is 3.83. The van der Waals surface area contributed by atoms with Crippen molar-refractivity contribution in [1.29, 1.82) is 0 Å². The lowest BCUT2D eigenvalue weighted by Crippen LogP contribution is -2.14. The molecule has 1 atom stereocenters. The maximum Gasteiger partial charge on any atom is -0.00493 e. The van der Waals surface area contributed by atoms with Gasteiger partial charge in [0.05, 0.1) is 0 Å². The van der Waals surface area contributed by atoms with Gasteiger partial charge in [0.15, 0.2) is 0 Å². The zero-order valence-electron chi connectivity index (χ0n) is 7.07. The predicted octanol–water partition coefficient (Wildman–Crippen LogP) is 1.89. The average Bonchev–Trinajstić information content (AvgIpc) is 1.82. The number of nitrogens with one attached hydrogen (secondary N) is 1. The van der Waals surface area contributed by atoms with Crippen LogP contribution in [0.1, 0.15) is 27.2 Å². The SMILES string of the molecule is CNCCC(C)C(C)C. The van der Waals surface area contributed by atoms with E-state index in [0.717, 1.165) is 18.4 Å². The molecule has 1 unspecified atom stereocenters. The van der Waals surface area contributed by atoms with Crippen LogP contribution in [0.2, 0.25) is 0 Å². The van der Waals surface area contributed by atoms with Crippen molar-refractivity contribution >= 4 is 0 Å². The molecule has 0 aliphatic rings. The monoisotopic (exact) mass is 129 g/mol. The minimum absolute atomic E-state index is 0.832. The van der Waals surface area contributed by atoms with E-state index in [-0.39, 0.29) is 0 Å². The molecule has 0 bridgehead atoms. The van der Waals surface area contributed by atoms with E-state index in [1.54, 1.807) is 0 Å². The molecular weight excluding hydrogens is 110 g/mol. The standard InChI is InChI=1S/C8H19N/c1-7(2)8(3)5-6-9-4/h7-9H,5-6H2,1-4H3. The van der Waals surface area contributed by atoms with Crippen LogP contribution >= 0.6 is 0 Å². The highest BCUT2D eigenvalue weighted by molar-refractivity contribution is 4.57. The molecule has 0 fully saturated rings. The van der Waals surface area contributed by atoms with Crippen molar-refractivity contribution in [2.24, 2.45) is 11.8 Å². The normalized spacial score (nSPS) is 14.3. The van der Waals surface area contributed by atoms with E-state index in [0.29, 0.717) is 0 Å². The Morgan fingerprint density at radius 1 is 1.22 bits per heavy atom. The molecule has 0 spiro atoms. The summed E-state index contributed by atoms with van der Waals surface area (Å²) in [6.07, 6.45) is 1.30. The number of rotatable bonds is 4. The van der Waals surface area contributed by atoms with E-state index >= 15 is 0 Å². The summed E-state index contributed by atoms with van der Waals surface area (Å²) in [5.74, 6) is 1.69. The molecule has 1 N–H and O–H groups in total. The third-order valence-electron chi connectivity index (χ3n) is 1.99. The van der Waals surface area contributed by atoms with Crippen LogP contribution in [0.15, 0.2) is 0 Å². The molecule has 0 aromatic heterocycles. The van der Waals surface area contributed by atoms with Gasteiger partial charge >= 0.3 is 0 Å². The van der Waals surface area contributed by atoms with Crippen LogP contribution in [0, 0.1) is 11.8 Å². The summed E-state index contributed by atoms with van der Waals surface area (Å²) in [7, 11) is 2.01. The second-order valence-electron chi connectivity index (χ2n) is 3.11. The minimum atomic E-state index is 0.832. The van der Waals surface area contributed by atoms with Crippen LogP contribution < -0.4 is 5.32 Å². The van der Waals surface area contributed by atoms with E-state index < -0.39 is 0 Å². The first-order valence-corrected chi connectivity index (χ1v) is 3.83. The molecule has 0 heterocycles. The molecular formula is C8H19N. The Morgan fingerprint density at radius 3 is 2.11 bits per heavy atom. The highest BCUT2D eigenvalue weighted by atomic mass is 14.8. The van der Waals surface area contributed by atoms with Crippen molar-refractivity contribution in [1.82, 2.24) is 5.32 Å². The molecule has 0 radical (unpaired) electrons. The molecule has 0 saturated heterocycles. The van der Waals surface area contributed by atoms with Gasteiger partial charge in [-0.05, 0) is 31.8 Å². The van der Waals surface area contributed by atoms with Gasteiger partial charge in [0.25, 0.3) is 0 Å². The van der Waals surface area contributed by atoms with E-state index in [9.17, 15) is 0 Å². The van der Waals surface area contributed by atoms with E-state index in [4.69, 9.17) is 0 Å². The fourth-order valence-corrected chi connectivity index (χ4v) is 0.705. The van der Waals surface area contributed by atoms with Gasteiger partial charge in [-0.3, -0.25) is 0 Å². The van der Waals surface area contributed by atoms with Crippen molar-refractivity contribution in [3.8, 4) is 0 Å². The first-order chi connectivity index (χ1) is 4.18. The number of hydrogen-bond donors (Lipinski definition) is 1.